The number of likely N-dealkylation sites (N-methyl/N-ethyl adjacent to an activating group) is 2. The quantitative estimate of drug-likeness (QED) is 0.389. The lowest BCUT2D eigenvalue weighted by molar-refractivity contribution is -0.127. The average molecular weight is 545 g/mol. The molecular formula is C31H49FN4O3. The van der Waals surface area contributed by atoms with E-state index in [0.717, 1.165) is 0 Å². The van der Waals surface area contributed by atoms with Gasteiger partial charge >= 0.3 is 0 Å². The van der Waals surface area contributed by atoms with E-state index in [-0.39, 0.29) is 35.8 Å². The molecular weight excluding hydrogens is 495 g/mol. The fourth-order valence-electron chi connectivity index (χ4n) is 4.49. The minimum atomic E-state index is -0.410. The molecule has 2 aliphatic rings. The maximum absolute atomic E-state index is 14.5. The first-order chi connectivity index (χ1) is 18.7. The second-order valence-electron chi connectivity index (χ2n) is 9.29. The number of nitrogens with one attached hydrogen (secondary N) is 2. The maximum Gasteiger partial charge on any atom is 0.274 e. The molecule has 8 heteroatoms. The molecule has 0 aliphatic carbocycles. The summed E-state index contributed by atoms with van der Waals surface area (Å²) in [5, 5.41) is 17.5. The number of aliphatic hydroxyl groups excluding tert-OH is 1. The summed E-state index contributed by atoms with van der Waals surface area (Å²) in [6.07, 6.45) is 4.26. The summed E-state index contributed by atoms with van der Waals surface area (Å²) < 4.78 is 14.5. The van der Waals surface area contributed by atoms with Crippen LogP contribution in [0.4, 0.5) is 4.39 Å². The van der Waals surface area contributed by atoms with Crippen LogP contribution in [0.5, 0.6) is 0 Å². The van der Waals surface area contributed by atoms with Gasteiger partial charge in [-0.25, -0.2) is 4.39 Å². The van der Waals surface area contributed by atoms with Gasteiger partial charge in [0, 0.05) is 43.5 Å². The van der Waals surface area contributed by atoms with Crippen LogP contribution < -0.4 is 10.6 Å². The summed E-state index contributed by atoms with van der Waals surface area (Å²) in [6, 6.07) is 4.92. The van der Waals surface area contributed by atoms with Crippen molar-refractivity contribution in [1.82, 2.24) is 20.4 Å². The number of carbonyl (C=O) groups is 2. The average Bonchev–Trinajstić information content (AvgIpc) is 3.33. The monoisotopic (exact) mass is 544 g/mol. The first kappa shape index (κ1) is 33.9. The zero-order valence-electron chi connectivity index (χ0n) is 25.4. The van der Waals surface area contributed by atoms with Crippen LogP contribution in [0.25, 0.3) is 0 Å². The molecule has 39 heavy (non-hydrogen) atoms. The first-order valence-corrected chi connectivity index (χ1v) is 14.3. The number of allylic oxidation sites excluding steroid dienone is 2. The van der Waals surface area contributed by atoms with E-state index in [1.165, 1.54) is 6.42 Å². The van der Waals surface area contributed by atoms with Gasteiger partial charge in [0.15, 0.2) is 5.76 Å². The molecule has 2 heterocycles. The topological polar surface area (TPSA) is 84.9 Å². The predicted molar refractivity (Wildman–Crippen MR) is 157 cm³/mol. The number of halogens is 1. The van der Waals surface area contributed by atoms with Crippen molar-refractivity contribution < 1.29 is 19.1 Å². The number of nitrogens with zero attached hydrogens (tertiary/aromatic N) is 2. The summed E-state index contributed by atoms with van der Waals surface area (Å²) in [5.74, 6) is -1.25. The number of aliphatic hydroxyl groups is 1. The normalized spacial score (nSPS) is 17.2. The highest BCUT2D eigenvalue weighted by molar-refractivity contribution is 6.03. The Hall–Kier alpha value is -3.13. The van der Waals surface area contributed by atoms with Crippen molar-refractivity contribution in [2.45, 2.75) is 87.2 Å². The summed E-state index contributed by atoms with van der Waals surface area (Å²) >= 11 is 0. The summed E-state index contributed by atoms with van der Waals surface area (Å²) in [7, 11) is 1.69. The second-order valence-corrected chi connectivity index (χ2v) is 9.29. The van der Waals surface area contributed by atoms with Crippen molar-refractivity contribution in [3.05, 3.63) is 69.5 Å². The van der Waals surface area contributed by atoms with E-state index in [4.69, 9.17) is 0 Å². The van der Waals surface area contributed by atoms with Crippen LogP contribution in [0.3, 0.4) is 0 Å². The Morgan fingerprint density at radius 3 is 2.38 bits per heavy atom. The van der Waals surface area contributed by atoms with E-state index in [1.54, 1.807) is 48.0 Å². The molecule has 3 rings (SSSR count). The number of amides is 2. The molecule has 0 radical (unpaired) electrons. The van der Waals surface area contributed by atoms with Crippen molar-refractivity contribution in [2.75, 3.05) is 26.7 Å². The molecule has 1 saturated heterocycles. The van der Waals surface area contributed by atoms with Crippen molar-refractivity contribution >= 4 is 11.8 Å². The lowest BCUT2D eigenvalue weighted by Crippen LogP contribution is -2.42. The highest BCUT2D eigenvalue weighted by Crippen LogP contribution is 2.40. The van der Waals surface area contributed by atoms with Gasteiger partial charge in [-0.15, -0.1) is 0 Å². The summed E-state index contributed by atoms with van der Waals surface area (Å²) in [6.45, 7) is 17.4. The van der Waals surface area contributed by atoms with E-state index in [2.05, 4.69) is 24.5 Å². The van der Waals surface area contributed by atoms with Crippen molar-refractivity contribution in [1.29, 1.82) is 0 Å². The molecule has 1 unspecified atom stereocenters. The number of hydrogen-bond donors (Lipinski definition) is 3. The van der Waals surface area contributed by atoms with Gasteiger partial charge in [0.2, 0.25) is 0 Å². The highest BCUT2D eigenvalue weighted by Gasteiger charge is 2.43. The van der Waals surface area contributed by atoms with E-state index < -0.39 is 5.91 Å². The Kier molecular flexibility index (Phi) is 14.6. The molecule has 0 bridgehead atoms. The highest BCUT2D eigenvalue weighted by atomic mass is 19.1. The Morgan fingerprint density at radius 2 is 1.82 bits per heavy atom. The molecule has 3 N–H and O–H groups in total. The van der Waals surface area contributed by atoms with Gasteiger partial charge in [0.25, 0.3) is 11.8 Å². The Labute approximate surface area is 234 Å². The zero-order chi connectivity index (χ0) is 29.7. The van der Waals surface area contributed by atoms with Gasteiger partial charge in [0.05, 0.1) is 11.6 Å². The number of rotatable bonds is 8. The minimum Gasteiger partial charge on any atom is -0.505 e. The van der Waals surface area contributed by atoms with Crippen molar-refractivity contribution in [2.24, 2.45) is 0 Å². The number of aryl methyl sites for hydroxylation is 1. The third kappa shape index (κ3) is 7.94. The number of carbonyl (C=O) groups excluding carboxylic acids is 2. The van der Waals surface area contributed by atoms with Gasteiger partial charge in [-0.3, -0.25) is 9.59 Å². The van der Waals surface area contributed by atoms with Crippen molar-refractivity contribution in [3.8, 4) is 0 Å². The van der Waals surface area contributed by atoms with Gasteiger partial charge in [-0.05, 0) is 38.8 Å². The minimum absolute atomic E-state index is 0.0171. The maximum atomic E-state index is 14.5. The molecule has 0 saturated carbocycles. The van der Waals surface area contributed by atoms with Gasteiger partial charge in [-0.2, -0.15) is 0 Å². The van der Waals surface area contributed by atoms with E-state index in [9.17, 15) is 19.1 Å². The van der Waals surface area contributed by atoms with Crippen LogP contribution in [0, 0.1) is 12.7 Å². The lowest BCUT2D eigenvalue weighted by Gasteiger charge is -2.34. The smallest absolute Gasteiger partial charge is 0.274 e. The second kappa shape index (κ2) is 16.7. The first-order valence-electron chi connectivity index (χ1n) is 14.3. The third-order valence-corrected chi connectivity index (χ3v) is 6.36. The van der Waals surface area contributed by atoms with Crippen LogP contribution in [0.1, 0.15) is 78.9 Å². The van der Waals surface area contributed by atoms with E-state index in [0.29, 0.717) is 60.4 Å². The Morgan fingerprint density at radius 1 is 1.18 bits per heavy atom. The molecule has 218 valence electrons. The van der Waals surface area contributed by atoms with E-state index >= 15 is 0 Å². The SMILES string of the molecule is CC.CC/C=C1/C(O)=C(C(=O)N(C)CC)N2CCC(NCC)C2=C1C(=O)NCc1cccc(C)c1F.CCC. The standard InChI is InChI=1S/C26H35FN4O3.C3H8.C2H6/c1-6-10-18-20(25(33)29-15-17-12-9-11-16(4)21(17)27)22-19(28-7-2)13-14-31(22)23(24(18)32)26(34)30(5)8-3;1-3-2;1-2/h9-12,19,28,32H,6-8,13-15H2,1-5H3,(H,29,33);3H2,1-2H3;1-2H3/b18-10+;;. The molecule has 0 aromatic heterocycles. The van der Waals surface area contributed by atoms with Crippen LogP contribution >= 0.6 is 0 Å². The zero-order valence-corrected chi connectivity index (χ0v) is 25.4. The molecule has 1 aromatic carbocycles. The van der Waals surface area contributed by atoms with Gasteiger partial charge in [-0.1, -0.05) is 72.2 Å². The molecule has 2 aliphatic heterocycles. The lowest BCUT2D eigenvalue weighted by atomic mass is 9.92. The molecule has 1 fully saturated rings. The Bertz CT molecular complexity index is 1080. The van der Waals surface area contributed by atoms with Crippen molar-refractivity contribution in [3.63, 3.8) is 0 Å². The van der Waals surface area contributed by atoms with Crippen LogP contribution in [-0.2, 0) is 16.1 Å². The number of hydrogen-bond acceptors (Lipinski definition) is 5. The summed E-state index contributed by atoms with van der Waals surface area (Å²) in [4.78, 5) is 30.1. The van der Waals surface area contributed by atoms with Gasteiger partial charge in [0.1, 0.15) is 11.5 Å². The fraction of sp³-hybridized carbons (Fsp3) is 0.548. The third-order valence-electron chi connectivity index (χ3n) is 6.36. The molecule has 0 spiro atoms. The predicted octanol–water partition coefficient (Wildman–Crippen LogP) is 5.73. The number of fused-ring (bicyclic) bond motifs is 1. The Balaban J connectivity index is 0.00000142. The van der Waals surface area contributed by atoms with Gasteiger partial charge < -0.3 is 25.5 Å². The number of benzene rings is 1. The molecule has 1 aromatic rings. The van der Waals surface area contributed by atoms with Crippen LogP contribution in [0.15, 0.2) is 52.6 Å². The molecule has 2 amide bonds. The van der Waals surface area contributed by atoms with Crippen LogP contribution in [-0.4, -0.2) is 59.4 Å². The van der Waals surface area contributed by atoms with Crippen LogP contribution in [0.2, 0.25) is 0 Å². The fourth-order valence-corrected chi connectivity index (χ4v) is 4.49. The largest absolute Gasteiger partial charge is 0.505 e. The van der Waals surface area contributed by atoms with E-state index in [1.807, 2.05) is 34.6 Å². The molecule has 7 nitrogen and oxygen atoms in total. The summed E-state index contributed by atoms with van der Waals surface area (Å²) in [5.41, 5.74) is 2.44. The molecule has 1 atom stereocenters.